The molecule has 0 spiro atoms. The van der Waals surface area contributed by atoms with E-state index in [2.05, 4.69) is 5.32 Å². The van der Waals surface area contributed by atoms with Crippen molar-refractivity contribution < 1.29 is 13.2 Å². The van der Waals surface area contributed by atoms with Gasteiger partial charge in [-0.15, -0.1) is 0 Å². The molecule has 0 aliphatic heterocycles. The monoisotopic (exact) mass is 470 g/mol. The molecule has 3 rings (SSSR count). The third kappa shape index (κ3) is 5.21. The minimum absolute atomic E-state index is 0.0133. The Bertz CT molecular complexity index is 1230. The van der Waals surface area contributed by atoms with E-state index in [1.807, 2.05) is 69.3 Å². The van der Waals surface area contributed by atoms with Gasteiger partial charge in [-0.25, -0.2) is 8.42 Å². The van der Waals surface area contributed by atoms with Gasteiger partial charge in [0.1, 0.15) is 0 Å². The maximum absolute atomic E-state index is 13.1. The van der Waals surface area contributed by atoms with Crippen LogP contribution in [0.1, 0.15) is 46.8 Å². The Morgan fingerprint density at radius 1 is 1.03 bits per heavy atom. The smallest absolute Gasteiger partial charge is 0.257 e. The van der Waals surface area contributed by atoms with E-state index in [1.165, 1.54) is 29.6 Å². The summed E-state index contributed by atoms with van der Waals surface area (Å²) in [7, 11) is -2.31. The molecule has 0 saturated heterocycles. The molecule has 5 nitrogen and oxygen atoms in total. The topological polar surface area (TPSA) is 66.5 Å². The number of amides is 1. The summed E-state index contributed by atoms with van der Waals surface area (Å²) < 4.78 is 27.5. The van der Waals surface area contributed by atoms with Gasteiger partial charge in [-0.1, -0.05) is 74.0 Å². The van der Waals surface area contributed by atoms with Crippen LogP contribution in [0.4, 0.5) is 5.69 Å². The number of nitrogens with one attached hydrogen (secondary N) is 1. The fraction of sp³-hybridized carbons (Fsp3) is 0.240. The Hall–Kier alpha value is -2.67. The van der Waals surface area contributed by atoms with E-state index < -0.39 is 15.9 Å². The molecule has 0 unspecified atom stereocenters. The predicted molar refractivity (Wildman–Crippen MR) is 130 cm³/mol. The Labute approximate surface area is 195 Å². The average Bonchev–Trinajstić information content (AvgIpc) is 2.75. The second-order valence-corrected chi connectivity index (χ2v) is 10.5. The molecule has 0 bridgehead atoms. The summed E-state index contributed by atoms with van der Waals surface area (Å²) in [5, 5.41) is 3.12. The number of carbonyl (C=O) groups excluding carboxylic acids is 1. The molecule has 168 valence electrons. The highest BCUT2D eigenvalue weighted by atomic mass is 35.5. The summed E-state index contributed by atoms with van der Waals surface area (Å²) in [5.41, 5.74) is 3.62. The van der Waals surface area contributed by atoms with Crippen LogP contribution in [0, 0.1) is 6.92 Å². The first-order chi connectivity index (χ1) is 15.1. The number of para-hydroxylation sites is 1. The molecule has 0 aliphatic rings. The van der Waals surface area contributed by atoms with E-state index in [4.69, 9.17) is 11.6 Å². The van der Waals surface area contributed by atoms with E-state index in [0.29, 0.717) is 0 Å². The lowest BCUT2D eigenvalue weighted by Gasteiger charge is -2.19. The van der Waals surface area contributed by atoms with Crippen molar-refractivity contribution in [3.05, 3.63) is 94.0 Å². The summed E-state index contributed by atoms with van der Waals surface area (Å²) in [6.07, 6.45) is 0. The molecular weight excluding hydrogens is 444 g/mol. The molecule has 0 radical (unpaired) electrons. The Morgan fingerprint density at radius 2 is 1.72 bits per heavy atom. The number of carbonyl (C=O) groups is 1. The molecule has 32 heavy (non-hydrogen) atoms. The number of nitrogens with zero attached hydrogens (tertiary/aromatic N) is 1. The lowest BCUT2D eigenvalue weighted by atomic mass is 9.98. The maximum Gasteiger partial charge on any atom is 0.257 e. The van der Waals surface area contributed by atoms with Gasteiger partial charge in [0.05, 0.1) is 15.5 Å². The number of sulfonamides is 1. The van der Waals surface area contributed by atoms with Crippen LogP contribution >= 0.6 is 11.6 Å². The zero-order chi connectivity index (χ0) is 23.5. The van der Waals surface area contributed by atoms with Gasteiger partial charge < -0.3 is 5.32 Å². The fourth-order valence-electron chi connectivity index (χ4n) is 3.47. The van der Waals surface area contributed by atoms with Crippen molar-refractivity contribution in [2.24, 2.45) is 0 Å². The van der Waals surface area contributed by atoms with Gasteiger partial charge in [0, 0.05) is 19.3 Å². The maximum atomic E-state index is 13.1. The summed E-state index contributed by atoms with van der Waals surface area (Å²) in [4.78, 5) is 13.1. The Morgan fingerprint density at radius 3 is 2.38 bits per heavy atom. The van der Waals surface area contributed by atoms with Gasteiger partial charge in [0.15, 0.2) is 0 Å². The van der Waals surface area contributed by atoms with Crippen LogP contribution in [-0.2, 0) is 16.6 Å². The first-order valence-electron chi connectivity index (χ1n) is 10.3. The SMILES string of the molecule is Cc1cccc(C(C)C)c1NC(=O)c1cc(S(=O)(=O)N(C)Cc2ccccc2)ccc1Cl. The predicted octanol–water partition coefficient (Wildman–Crippen LogP) is 5.84. The normalized spacial score (nSPS) is 11.7. The van der Waals surface area contributed by atoms with Crippen molar-refractivity contribution in [3.8, 4) is 0 Å². The molecule has 7 heteroatoms. The van der Waals surface area contributed by atoms with Crippen LogP contribution in [0.15, 0.2) is 71.6 Å². The minimum Gasteiger partial charge on any atom is -0.321 e. The van der Waals surface area contributed by atoms with Crippen molar-refractivity contribution in [1.29, 1.82) is 0 Å². The molecule has 1 amide bonds. The second-order valence-electron chi connectivity index (χ2n) is 8.04. The number of hydrogen-bond donors (Lipinski definition) is 1. The minimum atomic E-state index is -3.82. The zero-order valence-electron chi connectivity index (χ0n) is 18.6. The van der Waals surface area contributed by atoms with E-state index in [0.717, 1.165) is 22.4 Å². The number of hydrogen-bond acceptors (Lipinski definition) is 3. The van der Waals surface area contributed by atoms with E-state index in [1.54, 1.807) is 0 Å². The number of rotatable bonds is 7. The highest BCUT2D eigenvalue weighted by Crippen LogP contribution is 2.29. The van der Waals surface area contributed by atoms with Gasteiger partial charge in [0.25, 0.3) is 5.91 Å². The summed E-state index contributed by atoms with van der Waals surface area (Å²) in [6.45, 7) is 6.23. The van der Waals surface area contributed by atoms with Crippen LogP contribution in [0.3, 0.4) is 0 Å². The molecule has 3 aromatic rings. The van der Waals surface area contributed by atoms with Gasteiger partial charge in [-0.05, 0) is 47.7 Å². The van der Waals surface area contributed by atoms with Crippen molar-refractivity contribution >= 4 is 33.2 Å². The quantitative estimate of drug-likeness (QED) is 0.471. The zero-order valence-corrected chi connectivity index (χ0v) is 20.2. The lowest BCUT2D eigenvalue weighted by molar-refractivity contribution is 0.102. The molecule has 0 aliphatic carbocycles. The third-order valence-corrected chi connectivity index (χ3v) is 7.43. The largest absolute Gasteiger partial charge is 0.321 e. The van der Waals surface area contributed by atoms with Gasteiger partial charge in [-0.2, -0.15) is 4.31 Å². The second kappa shape index (κ2) is 9.86. The number of benzene rings is 3. The first-order valence-corrected chi connectivity index (χ1v) is 12.1. The molecular formula is C25H27ClN2O3S. The van der Waals surface area contributed by atoms with Crippen LogP contribution in [0.5, 0.6) is 0 Å². The standard InChI is InChI=1S/C25H27ClN2O3S/c1-17(2)21-12-8-9-18(3)24(21)27-25(29)22-15-20(13-14-23(22)26)32(30,31)28(4)16-19-10-6-5-7-11-19/h5-15,17H,16H2,1-4H3,(H,27,29). The van der Waals surface area contributed by atoms with Crippen molar-refractivity contribution in [1.82, 2.24) is 4.31 Å². The highest BCUT2D eigenvalue weighted by Gasteiger charge is 2.24. The summed E-state index contributed by atoms with van der Waals surface area (Å²) in [6, 6.07) is 19.4. The van der Waals surface area contributed by atoms with E-state index >= 15 is 0 Å². The number of aryl methyl sites for hydroxylation is 1. The van der Waals surface area contributed by atoms with Crippen LogP contribution in [0.25, 0.3) is 0 Å². The molecule has 0 fully saturated rings. The third-order valence-electron chi connectivity index (χ3n) is 5.30. The molecule has 0 aromatic heterocycles. The molecule has 0 heterocycles. The lowest BCUT2D eigenvalue weighted by Crippen LogP contribution is -2.27. The fourth-order valence-corrected chi connectivity index (χ4v) is 4.86. The number of halogens is 1. The highest BCUT2D eigenvalue weighted by molar-refractivity contribution is 7.89. The van der Waals surface area contributed by atoms with Crippen LogP contribution < -0.4 is 5.32 Å². The van der Waals surface area contributed by atoms with E-state index in [9.17, 15) is 13.2 Å². The summed E-state index contributed by atoms with van der Waals surface area (Å²) >= 11 is 6.29. The van der Waals surface area contributed by atoms with Gasteiger partial charge in [0.2, 0.25) is 10.0 Å². The van der Waals surface area contributed by atoms with Crippen LogP contribution in [0.2, 0.25) is 5.02 Å². The van der Waals surface area contributed by atoms with Gasteiger partial charge >= 0.3 is 0 Å². The molecule has 0 saturated carbocycles. The molecule has 1 N–H and O–H groups in total. The van der Waals surface area contributed by atoms with Crippen molar-refractivity contribution in [2.75, 3.05) is 12.4 Å². The van der Waals surface area contributed by atoms with Crippen molar-refractivity contribution in [3.63, 3.8) is 0 Å². The Kier molecular flexibility index (Phi) is 7.39. The molecule has 3 aromatic carbocycles. The van der Waals surface area contributed by atoms with E-state index in [-0.39, 0.29) is 27.9 Å². The molecule has 0 atom stereocenters. The van der Waals surface area contributed by atoms with Crippen LogP contribution in [-0.4, -0.2) is 25.7 Å². The number of anilines is 1. The average molecular weight is 471 g/mol. The first kappa shape index (κ1) is 24.0. The Balaban J connectivity index is 1.91. The summed E-state index contributed by atoms with van der Waals surface area (Å²) in [5.74, 6) is -0.243. The van der Waals surface area contributed by atoms with Gasteiger partial charge in [-0.3, -0.25) is 4.79 Å². The van der Waals surface area contributed by atoms with Crippen molar-refractivity contribution in [2.45, 2.75) is 38.1 Å².